The van der Waals surface area contributed by atoms with Crippen LogP contribution in [0.2, 0.25) is 0 Å². The van der Waals surface area contributed by atoms with Crippen LogP contribution in [0.1, 0.15) is 23.6 Å². The predicted octanol–water partition coefficient (Wildman–Crippen LogP) is 3.37. The molecule has 4 heteroatoms. The van der Waals surface area contributed by atoms with Gasteiger partial charge >= 0.3 is 0 Å². The molecule has 0 saturated carbocycles. The van der Waals surface area contributed by atoms with Crippen molar-refractivity contribution in [3.8, 4) is 0 Å². The maximum absolute atomic E-state index is 13.8. The fourth-order valence-corrected chi connectivity index (χ4v) is 2.69. The summed E-state index contributed by atoms with van der Waals surface area (Å²) in [6, 6.07) is 11.4. The first kappa shape index (κ1) is 13.1. The number of halogens is 2. The number of anilines is 1. The Kier molecular flexibility index (Phi) is 3.40. The molecule has 1 unspecified atom stereocenters. The molecule has 0 amide bonds. The number of benzene rings is 2. The molecule has 20 heavy (non-hydrogen) atoms. The first-order chi connectivity index (χ1) is 9.65. The number of rotatable bonds is 2. The molecule has 3 rings (SSSR count). The highest BCUT2D eigenvalue weighted by Crippen LogP contribution is 2.33. The third kappa shape index (κ3) is 2.39. The van der Waals surface area contributed by atoms with Crippen molar-refractivity contribution in [2.45, 2.75) is 19.0 Å². The van der Waals surface area contributed by atoms with Gasteiger partial charge in [-0.3, -0.25) is 0 Å². The van der Waals surface area contributed by atoms with E-state index in [9.17, 15) is 8.78 Å². The van der Waals surface area contributed by atoms with Gasteiger partial charge in [-0.05, 0) is 36.2 Å². The minimum absolute atomic E-state index is 0.0137. The van der Waals surface area contributed by atoms with Crippen molar-refractivity contribution < 1.29 is 8.78 Å². The van der Waals surface area contributed by atoms with E-state index in [2.05, 4.69) is 4.90 Å². The molecule has 0 bridgehead atoms. The molecule has 2 nitrogen and oxygen atoms in total. The van der Waals surface area contributed by atoms with Gasteiger partial charge in [0.2, 0.25) is 0 Å². The van der Waals surface area contributed by atoms with Gasteiger partial charge in [0, 0.05) is 30.4 Å². The molecule has 2 aromatic rings. The van der Waals surface area contributed by atoms with Gasteiger partial charge in [-0.2, -0.15) is 0 Å². The third-order valence-electron chi connectivity index (χ3n) is 3.76. The molecular weight excluding hydrogens is 258 g/mol. The molecule has 0 saturated heterocycles. The summed E-state index contributed by atoms with van der Waals surface area (Å²) in [7, 11) is 0. The Bertz CT molecular complexity index is 628. The topological polar surface area (TPSA) is 29.3 Å². The van der Waals surface area contributed by atoms with E-state index >= 15 is 0 Å². The highest BCUT2D eigenvalue weighted by atomic mass is 19.1. The molecule has 1 heterocycles. The van der Waals surface area contributed by atoms with Gasteiger partial charge in [-0.25, -0.2) is 8.78 Å². The lowest BCUT2D eigenvalue weighted by molar-refractivity contribution is 0.561. The zero-order valence-electron chi connectivity index (χ0n) is 11.0. The van der Waals surface area contributed by atoms with Gasteiger partial charge in [-0.15, -0.1) is 0 Å². The number of hydrogen-bond acceptors (Lipinski definition) is 2. The SMILES string of the molecule is NC1CCN(Cc2cc(F)ccc2F)c2ccccc21. The fourth-order valence-electron chi connectivity index (χ4n) is 2.69. The van der Waals surface area contributed by atoms with E-state index in [4.69, 9.17) is 5.73 Å². The Morgan fingerprint density at radius 3 is 2.80 bits per heavy atom. The van der Waals surface area contributed by atoms with Gasteiger partial charge in [0.1, 0.15) is 11.6 Å². The second-order valence-corrected chi connectivity index (χ2v) is 5.11. The molecule has 1 atom stereocenters. The van der Waals surface area contributed by atoms with E-state index in [1.807, 2.05) is 24.3 Å². The minimum Gasteiger partial charge on any atom is -0.367 e. The lowest BCUT2D eigenvalue weighted by Crippen LogP contribution is -2.33. The number of nitrogens with two attached hydrogens (primary N) is 1. The van der Waals surface area contributed by atoms with Crippen LogP contribution in [-0.4, -0.2) is 6.54 Å². The van der Waals surface area contributed by atoms with E-state index in [1.54, 1.807) is 0 Å². The van der Waals surface area contributed by atoms with Crippen molar-refractivity contribution in [1.82, 2.24) is 0 Å². The van der Waals surface area contributed by atoms with Crippen molar-refractivity contribution in [3.63, 3.8) is 0 Å². The Morgan fingerprint density at radius 1 is 1.15 bits per heavy atom. The van der Waals surface area contributed by atoms with Crippen LogP contribution < -0.4 is 10.6 Å². The van der Waals surface area contributed by atoms with E-state index in [0.29, 0.717) is 12.1 Å². The number of hydrogen-bond donors (Lipinski definition) is 1. The summed E-state index contributed by atoms with van der Waals surface area (Å²) in [6.45, 7) is 1.10. The summed E-state index contributed by atoms with van der Waals surface area (Å²) in [4.78, 5) is 2.05. The zero-order valence-corrected chi connectivity index (χ0v) is 11.0. The molecule has 1 aliphatic heterocycles. The fraction of sp³-hybridized carbons (Fsp3) is 0.250. The van der Waals surface area contributed by atoms with Crippen molar-refractivity contribution in [1.29, 1.82) is 0 Å². The summed E-state index contributed by atoms with van der Waals surface area (Å²) >= 11 is 0. The van der Waals surface area contributed by atoms with Gasteiger partial charge < -0.3 is 10.6 Å². The second kappa shape index (κ2) is 5.21. The summed E-state index contributed by atoms with van der Waals surface area (Å²) in [5.74, 6) is -0.790. The summed E-state index contributed by atoms with van der Waals surface area (Å²) in [5, 5.41) is 0. The maximum Gasteiger partial charge on any atom is 0.128 e. The molecule has 2 N–H and O–H groups in total. The molecule has 0 aliphatic carbocycles. The van der Waals surface area contributed by atoms with Crippen molar-refractivity contribution in [2.24, 2.45) is 5.73 Å². The lowest BCUT2D eigenvalue weighted by atomic mass is 9.96. The first-order valence-corrected chi connectivity index (χ1v) is 6.68. The Morgan fingerprint density at radius 2 is 1.95 bits per heavy atom. The van der Waals surface area contributed by atoms with Gasteiger partial charge in [0.15, 0.2) is 0 Å². The maximum atomic E-state index is 13.8. The van der Waals surface area contributed by atoms with E-state index in [1.165, 1.54) is 12.1 Å². The molecule has 1 aliphatic rings. The highest BCUT2D eigenvalue weighted by Gasteiger charge is 2.22. The van der Waals surface area contributed by atoms with Crippen LogP contribution in [0.4, 0.5) is 14.5 Å². The van der Waals surface area contributed by atoms with Crippen LogP contribution in [0, 0.1) is 11.6 Å². The smallest absolute Gasteiger partial charge is 0.128 e. The Hall–Kier alpha value is -1.94. The van der Waals surface area contributed by atoms with Gasteiger partial charge in [-0.1, -0.05) is 18.2 Å². The lowest BCUT2D eigenvalue weighted by Gasteiger charge is -2.34. The summed E-state index contributed by atoms with van der Waals surface area (Å²) < 4.78 is 27.0. The monoisotopic (exact) mass is 274 g/mol. The summed E-state index contributed by atoms with van der Waals surface area (Å²) in [5.41, 5.74) is 8.54. The predicted molar refractivity (Wildman–Crippen MR) is 75.4 cm³/mol. The van der Waals surface area contributed by atoms with Crippen LogP contribution in [0.3, 0.4) is 0 Å². The molecular formula is C16H16F2N2. The Labute approximate surface area is 116 Å². The number of nitrogens with zero attached hydrogens (tertiary/aromatic N) is 1. The van der Waals surface area contributed by atoms with Crippen molar-refractivity contribution in [2.75, 3.05) is 11.4 Å². The number of fused-ring (bicyclic) bond motifs is 1. The van der Waals surface area contributed by atoms with E-state index in [-0.39, 0.29) is 11.9 Å². The normalized spacial score (nSPS) is 17.9. The average Bonchev–Trinajstić information content (AvgIpc) is 2.46. The van der Waals surface area contributed by atoms with E-state index < -0.39 is 5.82 Å². The van der Waals surface area contributed by atoms with Crippen molar-refractivity contribution >= 4 is 5.69 Å². The van der Waals surface area contributed by atoms with E-state index in [0.717, 1.165) is 30.3 Å². The minimum atomic E-state index is -0.414. The number of para-hydroxylation sites is 1. The zero-order chi connectivity index (χ0) is 14.1. The highest BCUT2D eigenvalue weighted by molar-refractivity contribution is 5.57. The van der Waals surface area contributed by atoms with Gasteiger partial charge in [0.05, 0.1) is 0 Å². The molecule has 0 radical (unpaired) electrons. The van der Waals surface area contributed by atoms with Crippen LogP contribution in [0.15, 0.2) is 42.5 Å². The Balaban J connectivity index is 1.92. The molecule has 0 spiro atoms. The van der Waals surface area contributed by atoms with Crippen LogP contribution in [0.25, 0.3) is 0 Å². The van der Waals surface area contributed by atoms with Gasteiger partial charge in [0.25, 0.3) is 0 Å². The average molecular weight is 274 g/mol. The van der Waals surface area contributed by atoms with Crippen LogP contribution >= 0.6 is 0 Å². The first-order valence-electron chi connectivity index (χ1n) is 6.68. The second-order valence-electron chi connectivity index (χ2n) is 5.11. The molecule has 0 fully saturated rings. The molecule has 2 aromatic carbocycles. The molecule has 104 valence electrons. The molecule has 0 aromatic heterocycles. The standard InChI is InChI=1S/C16H16F2N2/c17-12-5-6-14(18)11(9-12)10-20-8-7-15(19)13-3-1-2-4-16(13)20/h1-6,9,15H,7-8,10,19H2. The summed E-state index contributed by atoms with van der Waals surface area (Å²) in [6.07, 6.45) is 0.813. The largest absolute Gasteiger partial charge is 0.367 e. The third-order valence-corrected chi connectivity index (χ3v) is 3.76. The van der Waals surface area contributed by atoms with Crippen LogP contribution in [0.5, 0.6) is 0 Å². The quantitative estimate of drug-likeness (QED) is 0.909. The van der Waals surface area contributed by atoms with Crippen LogP contribution in [-0.2, 0) is 6.54 Å². The van der Waals surface area contributed by atoms with Crippen molar-refractivity contribution in [3.05, 3.63) is 65.2 Å².